The summed E-state index contributed by atoms with van der Waals surface area (Å²) in [7, 11) is 1.59. The Kier molecular flexibility index (Phi) is 8.74. The monoisotopic (exact) mass is 552 g/mol. The molecule has 2 heterocycles. The minimum absolute atomic E-state index is 0.0247. The summed E-state index contributed by atoms with van der Waals surface area (Å²) in [5.74, 6) is 1.08. The van der Waals surface area contributed by atoms with E-state index in [0.717, 1.165) is 51.8 Å². The summed E-state index contributed by atoms with van der Waals surface area (Å²) in [6.45, 7) is 9.81. The molecule has 4 rings (SSSR count). The van der Waals surface area contributed by atoms with Gasteiger partial charge in [-0.3, -0.25) is 14.8 Å². The van der Waals surface area contributed by atoms with Gasteiger partial charge in [-0.1, -0.05) is 55.2 Å². The number of amides is 1. The zero-order valence-electron chi connectivity index (χ0n) is 22.7. The molecule has 1 unspecified atom stereocenters. The smallest absolute Gasteiger partial charge is 0.222 e. The summed E-state index contributed by atoms with van der Waals surface area (Å²) in [4.78, 5) is 26.1. The number of aryl methyl sites for hydroxylation is 1. The molecule has 2 atom stereocenters. The normalized spacial score (nSPS) is 17.7. The fourth-order valence-electron chi connectivity index (χ4n) is 4.99. The summed E-state index contributed by atoms with van der Waals surface area (Å²) >= 11 is 13.1. The molecule has 0 saturated heterocycles. The van der Waals surface area contributed by atoms with E-state index in [1.54, 1.807) is 19.5 Å². The zero-order chi connectivity index (χ0) is 27.6. The highest BCUT2D eigenvalue weighted by Crippen LogP contribution is 2.52. The lowest BCUT2D eigenvalue weighted by atomic mass is 9.97. The van der Waals surface area contributed by atoms with Crippen LogP contribution in [0.25, 0.3) is 16.6 Å². The van der Waals surface area contributed by atoms with Gasteiger partial charge in [0.15, 0.2) is 0 Å². The Labute approximate surface area is 234 Å². The molecule has 2 aromatic heterocycles. The standard InChI is InChI=1S/C30H34Cl2N4O2/c1-7-33-27(18(5)31)24-11-17(4)36-28-20(9-8-10-21(24)28)22-12-19(22)13-23-25(14-34-29(37)16(2)3)30(38-6)35-15-26(23)32/h7-11,15-16,19,22H,12-14H2,1-6H3,(H,34,37)/b27-18+,33-7-/t19?,22-/m0/s1. The van der Waals surface area contributed by atoms with Crippen LogP contribution >= 0.6 is 23.2 Å². The number of hydrogen-bond donors (Lipinski definition) is 1. The third-order valence-electron chi connectivity index (χ3n) is 6.99. The number of benzene rings is 1. The summed E-state index contributed by atoms with van der Waals surface area (Å²) in [6.07, 6.45) is 5.17. The van der Waals surface area contributed by atoms with E-state index in [1.807, 2.05) is 40.7 Å². The van der Waals surface area contributed by atoms with Gasteiger partial charge in [0.2, 0.25) is 11.8 Å². The van der Waals surface area contributed by atoms with Crippen LogP contribution in [0.3, 0.4) is 0 Å². The fourth-order valence-corrected chi connectivity index (χ4v) is 5.38. The Morgan fingerprint density at radius 3 is 2.74 bits per heavy atom. The number of hydrogen-bond acceptors (Lipinski definition) is 5. The van der Waals surface area contributed by atoms with E-state index >= 15 is 0 Å². The third-order valence-corrected chi connectivity index (χ3v) is 7.49. The Bertz CT molecular complexity index is 1430. The summed E-state index contributed by atoms with van der Waals surface area (Å²) in [6, 6.07) is 8.38. The molecule has 200 valence electrons. The third kappa shape index (κ3) is 5.87. The van der Waals surface area contributed by atoms with Crippen molar-refractivity contribution >= 4 is 51.9 Å². The van der Waals surface area contributed by atoms with Gasteiger partial charge in [-0.2, -0.15) is 0 Å². The molecule has 38 heavy (non-hydrogen) atoms. The number of nitrogens with one attached hydrogen (secondary N) is 1. The molecule has 1 N–H and O–H groups in total. The molecule has 1 aromatic carbocycles. The number of aliphatic imine (C=N–C) groups is 1. The van der Waals surface area contributed by atoms with Crippen molar-refractivity contribution in [2.45, 2.75) is 59.9 Å². The molecular formula is C30H34Cl2N4O2. The molecule has 0 bridgehead atoms. The van der Waals surface area contributed by atoms with E-state index in [9.17, 15) is 4.79 Å². The Balaban J connectivity index is 1.68. The first-order chi connectivity index (χ1) is 18.2. The topological polar surface area (TPSA) is 76.5 Å². The Hall–Kier alpha value is -2.96. The quantitative estimate of drug-likeness (QED) is 0.284. The number of carbonyl (C=O) groups is 1. The average molecular weight is 554 g/mol. The second-order valence-corrected chi connectivity index (χ2v) is 11.0. The van der Waals surface area contributed by atoms with Gasteiger partial charge in [0, 0.05) is 52.1 Å². The van der Waals surface area contributed by atoms with Crippen molar-refractivity contribution in [3.05, 3.63) is 68.5 Å². The maximum atomic E-state index is 12.3. The van der Waals surface area contributed by atoms with E-state index in [1.165, 1.54) is 5.56 Å². The molecule has 1 fully saturated rings. The molecular weight excluding hydrogens is 519 g/mol. The molecule has 6 nitrogen and oxygen atoms in total. The summed E-state index contributed by atoms with van der Waals surface area (Å²) < 4.78 is 5.54. The van der Waals surface area contributed by atoms with Crippen LogP contribution in [0.15, 0.2) is 40.5 Å². The van der Waals surface area contributed by atoms with Gasteiger partial charge in [0.25, 0.3) is 0 Å². The van der Waals surface area contributed by atoms with Crippen molar-refractivity contribution in [1.82, 2.24) is 15.3 Å². The number of aromatic nitrogens is 2. The number of carbonyl (C=O) groups excluding carboxylic acids is 1. The average Bonchev–Trinajstić information content (AvgIpc) is 3.65. The van der Waals surface area contributed by atoms with Crippen LogP contribution in [-0.2, 0) is 17.8 Å². The van der Waals surface area contributed by atoms with Crippen LogP contribution in [0.2, 0.25) is 5.02 Å². The van der Waals surface area contributed by atoms with Gasteiger partial charge in [-0.25, -0.2) is 4.98 Å². The largest absolute Gasteiger partial charge is 0.481 e. The van der Waals surface area contributed by atoms with E-state index < -0.39 is 0 Å². The van der Waals surface area contributed by atoms with Crippen LogP contribution in [0.5, 0.6) is 5.88 Å². The van der Waals surface area contributed by atoms with Crippen LogP contribution in [0, 0.1) is 18.8 Å². The first-order valence-corrected chi connectivity index (χ1v) is 13.6. The van der Waals surface area contributed by atoms with Gasteiger partial charge >= 0.3 is 0 Å². The zero-order valence-corrected chi connectivity index (χ0v) is 24.2. The van der Waals surface area contributed by atoms with Crippen molar-refractivity contribution in [3.8, 4) is 5.88 Å². The number of pyridine rings is 2. The lowest BCUT2D eigenvalue weighted by Crippen LogP contribution is -2.28. The summed E-state index contributed by atoms with van der Waals surface area (Å²) in [5, 5.41) is 5.26. The lowest BCUT2D eigenvalue weighted by Gasteiger charge is -2.16. The minimum atomic E-state index is -0.113. The minimum Gasteiger partial charge on any atom is -0.481 e. The van der Waals surface area contributed by atoms with Gasteiger partial charge < -0.3 is 10.1 Å². The molecule has 3 aromatic rings. The van der Waals surface area contributed by atoms with Crippen LogP contribution < -0.4 is 10.1 Å². The van der Waals surface area contributed by atoms with Crippen molar-refractivity contribution in [2.75, 3.05) is 7.11 Å². The molecule has 8 heteroatoms. The molecule has 1 aliphatic carbocycles. The predicted molar refractivity (Wildman–Crippen MR) is 156 cm³/mol. The van der Waals surface area contributed by atoms with Gasteiger partial charge in [0.05, 0.1) is 23.3 Å². The first-order valence-electron chi connectivity index (χ1n) is 12.9. The van der Waals surface area contributed by atoms with Crippen molar-refractivity contribution < 1.29 is 9.53 Å². The van der Waals surface area contributed by atoms with E-state index in [-0.39, 0.29) is 11.8 Å². The van der Waals surface area contributed by atoms with Gasteiger partial charge in [-0.05, 0) is 62.6 Å². The first kappa shape index (κ1) is 28.1. The van der Waals surface area contributed by atoms with E-state index in [4.69, 9.17) is 32.9 Å². The van der Waals surface area contributed by atoms with Crippen molar-refractivity contribution in [2.24, 2.45) is 16.8 Å². The molecule has 1 aliphatic rings. The number of halogens is 2. The Morgan fingerprint density at radius 2 is 2.08 bits per heavy atom. The number of para-hydroxylation sites is 1. The lowest BCUT2D eigenvalue weighted by molar-refractivity contribution is -0.124. The van der Waals surface area contributed by atoms with Gasteiger partial charge in [-0.15, -0.1) is 0 Å². The number of allylic oxidation sites excluding steroid dienone is 1. The second kappa shape index (κ2) is 11.8. The summed E-state index contributed by atoms with van der Waals surface area (Å²) in [5.41, 5.74) is 6.68. The second-order valence-electron chi connectivity index (χ2n) is 10.1. The highest BCUT2D eigenvalue weighted by atomic mass is 35.5. The molecule has 1 saturated carbocycles. The molecule has 0 aliphatic heterocycles. The molecule has 0 spiro atoms. The van der Waals surface area contributed by atoms with Crippen molar-refractivity contribution in [1.29, 1.82) is 0 Å². The van der Waals surface area contributed by atoms with Crippen LogP contribution in [0.4, 0.5) is 0 Å². The number of rotatable bonds is 9. The predicted octanol–water partition coefficient (Wildman–Crippen LogP) is 7.24. The molecule has 0 radical (unpaired) electrons. The SMILES string of the molecule is C/C=N\C(=C(/C)Cl)c1cc(C)nc2c([C@H]3CC3Cc3c(Cl)cnc(OC)c3CNC(=O)C(C)C)cccc12. The number of fused-ring (bicyclic) bond motifs is 1. The van der Waals surface area contributed by atoms with E-state index in [0.29, 0.717) is 34.3 Å². The van der Waals surface area contributed by atoms with Crippen molar-refractivity contribution in [3.63, 3.8) is 0 Å². The number of nitrogens with zero attached hydrogens (tertiary/aromatic N) is 3. The number of methoxy groups -OCH3 is 1. The highest BCUT2D eigenvalue weighted by molar-refractivity contribution is 6.32. The highest BCUT2D eigenvalue weighted by Gasteiger charge is 2.40. The molecule has 1 amide bonds. The van der Waals surface area contributed by atoms with E-state index in [2.05, 4.69) is 33.5 Å². The maximum absolute atomic E-state index is 12.3. The fraction of sp³-hybridized carbons (Fsp3) is 0.400. The van der Waals surface area contributed by atoms with Crippen LogP contribution in [0.1, 0.15) is 68.0 Å². The van der Waals surface area contributed by atoms with Crippen LogP contribution in [-0.4, -0.2) is 29.2 Å². The Morgan fingerprint density at radius 1 is 1.32 bits per heavy atom. The number of ether oxygens (including phenoxy) is 1. The maximum Gasteiger partial charge on any atom is 0.222 e. The van der Waals surface area contributed by atoms with Gasteiger partial charge in [0.1, 0.15) is 0 Å².